The normalized spacial score (nSPS) is 20.7. The lowest BCUT2D eigenvalue weighted by Crippen LogP contribution is -2.53. The van der Waals surface area contributed by atoms with E-state index in [0.29, 0.717) is 10.8 Å². The summed E-state index contributed by atoms with van der Waals surface area (Å²) in [4.78, 5) is 13.3. The number of carbonyl (C=O) groups excluding carboxylic acids is 1. The van der Waals surface area contributed by atoms with E-state index in [9.17, 15) is 28.9 Å². The second-order valence-electron chi connectivity index (χ2n) is 5.66. The number of piperidine rings is 1. The predicted molar refractivity (Wildman–Crippen MR) is 78.8 cm³/mol. The van der Waals surface area contributed by atoms with Crippen molar-refractivity contribution in [2.24, 2.45) is 0 Å². The van der Waals surface area contributed by atoms with Gasteiger partial charge in [-0.05, 0) is 30.0 Å². The number of rotatable bonds is 1. The molecule has 0 spiro atoms. The van der Waals surface area contributed by atoms with Crippen molar-refractivity contribution in [3.8, 4) is 11.5 Å². The molecule has 122 valence electrons. The summed E-state index contributed by atoms with van der Waals surface area (Å²) in [5.41, 5.74) is -0.115. The van der Waals surface area contributed by atoms with Gasteiger partial charge in [0.2, 0.25) is 0 Å². The SMILES string of the molecule is O=C(c1cc2cccc(O)c2cc1O)N1CCC(O)C(F)(F)C1. The fourth-order valence-corrected chi connectivity index (χ4v) is 2.74. The summed E-state index contributed by atoms with van der Waals surface area (Å²) in [7, 11) is 0. The van der Waals surface area contributed by atoms with Gasteiger partial charge in [-0.25, -0.2) is 8.78 Å². The molecule has 7 heteroatoms. The molecule has 1 unspecified atom stereocenters. The van der Waals surface area contributed by atoms with Gasteiger partial charge in [-0.15, -0.1) is 0 Å². The Kier molecular flexibility index (Phi) is 3.60. The largest absolute Gasteiger partial charge is 0.507 e. The van der Waals surface area contributed by atoms with Crippen molar-refractivity contribution < 1.29 is 28.9 Å². The average molecular weight is 323 g/mol. The Labute approximate surface area is 130 Å². The molecule has 5 nitrogen and oxygen atoms in total. The van der Waals surface area contributed by atoms with E-state index >= 15 is 0 Å². The van der Waals surface area contributed by atoms with Crippen molar-refractivity contribution in [3.63, 3.8) is 0 Å². The van der Waals surface area contributed by atoms with E-state index < -0.39 is 30.2 Å². The molecular weight excluding hydrogens is 308 g/mol. The number of halogens is 2. The van der Waals surface area contributed by atoms with E-state index in [4.69, 9.17) is 0 Å². The molecule has 0 bridgehead atoms. The number of hydrogen-bond acceptors (Lipinski definition) is 4. The molecule has 1 aliphatic heterocycles. The van der Waals surface area contributed by atoms with Gasteiger partial charge < -0.3 is 20.2 Å². The molecule has 1 aliphatic rings. The smallest absolute Gasteiger partial charge is 0.290 e. The number of carbonyl (C=O) groups is 1. The molecule has 0 aromatic heterocycles. The quantitative estimate of drug-likeness (QED) is 0.751. The van der Waals surface area contributed by atoms with Crippen LogP contribution in [0.25, 0.3) is 10.8 Å². The average Bonchev–Trinajstić information content (AvgIpc) is 2.50. The summed E-state index contributed by atoms with van der Waals surface area (Å²) in [5, 5.41) is 29.9. The zero-order chi connectivity index (χ0) is 16.8. The van der Waals surface area contributed by atoms with Gasteiger partial charge in [0.1, 0.15) is 17.6 Å². The van der Waals surface area contributed by atoms with E-state index in [1.807, 2.05) is 0 Å². The van der Waals surface area contributed by atoms with Crippen LogP contribution in [0.1, 0.15) is 16.8 Å². The number of amides is 1. The first kappa shape index (κ1) is 15.5. The predicted octanol–water partition coefficient (Wildman–Crippen LogP) is 2.09. The first-order valence-electron chi connectivity index (χ1n) is 7.09. The van der Waals surface area contributed by atoms with Gasteiger partial charge in [0.05, 0.1) is 12.1 Å². The molecule has 2 aromatic carbocycles. The number of nitrogens with zero attached hydrogens (tertiary/aromatic N) is 1. The van der Waals surface area contributed by atoms with Gasteiger partial charge >= 0.3 is 0 Å². The molecule has 1 atom stereocenters. The van der Waals surface area contributed by atoms with Gasteiger partial charge in [0.15, 0.2) is 0 Å². The van der Waals surface area contributed by atoms with Crippen molar-refractivity contribution in [1.29, 1.82) is 0 Å². The number of alkyl halides is 2. The lowest BCUT2D eigenvalue weighted by molar-refractivity contribution is -0.142. The van der Waals surface area contributed by atoms with Crippen LogP contribution in [0, 0.1) is 0 Å². The lowest BCUT2D eigenvalue weighted by Gasteiger charge is -2.35. The second-order valence-corrected chi connectivity index (χ2v) is 5.66. The Hall–Kier alpha value is -2.41. The first-order valence-corrected chi connectivity index (χ1v) is 7.09. The Balaban J connectivity index is 1.97. The molecule has 0 saturated carbocycles. The molecule has 3 N–H and O–H groups in total. The van der Waals surface area contributed by atoms with Gasteiger partial charge in [-0.1, -0.05) is 12.1 Å². The number of phenolic OH excluding ortho intramolecular Hbond substituents is 2. The molecule has 1 saturated heterocycles. The first-order chi connectivity index (χ1) is 10.8. The molecule has 3 rings (SSSR count). The third-order valence-corrected chi connectivity index (χ3v) is 4.05. The van der Waals surface area contributed by atoms with Crippen LogP contribution < -0.4 is 0 Å². The maximum Gasteiger partial charge on any atom is 0.290 e. The standard InChI is InChI=1S/C16H15F2NO4/c17-16(18)8-19(5-4-14(16)22)15(23)11-6-9-2-1-3-12(20)10(9)7-13(11)21/h1-3,6-7,14,20-22H,4-5,8H2. The van der Waals surface area contributed by atoms with Crippen molar-refractivity contribution in [1.82, 2.24) is 4.90 Å². The summed E-state index contributed by atoms with van der Waals surface area (Å²) in [6.45, 7) is -0.919. The maximum absolute atomic E-state index is 13.6. The highest BCUT2D eigenvalue weighted by Gasteiger charge is 2.45. The number of fused-ring (bicyclic) bond motifs is 1. The minimum atomic E-state index is -3.38. The van der Waals surface area contributed by atoms with Crippen LogP contribution in [0.3, 0.4) is 0 Å². The third kappa shape index (κ3) is 2.68. The fourth-order valence-electron chi connectivity index (χ4n) is 2.74. The monoisotopic (exact) mass is 323 g/mol. The third-order valence-electron chi connectivity index (χ3n) is 4.05. The molecule has 1 heterocycles. The number of aliphatic hydroxyl groups excluding tert-OH is 1. The zero-order valence-corrected chi connectivity index (χ0v) is 12.0. The van der Waals surface area contributed by atoms with E-state index in [0.717, 1.165) is 4.90 Å². The minimum absolute atomic E-state index is 0.0207. The molecule has 0 radical (unpaired) electrons. The van der Waals surface area contributed by atoms with Crippen LogP contribution in [0.5, 0.6) is 11.5 Å². The van der Waals surface area contributed by atoms with Crippen molar-refractivity contribution >= 4 is 16.7 Å². The Morgan fingerprint density at radius 1 is 1.22 bits per heavy atom. The number of benzene rings is 2. The topological polar surface area (TPSA) is 81.0 Å². The van der Waals surface area contributed by atoms with Crippen LogP contribution in [0.4, 0.5) is 8.78 Å². The highest BCUT2D eigenvalue weighted by atomic mass is 19.3. The van der Waals surface area contributed by atoms with Gasteiger partial charge in [0, 0.05) is 11.9 Å². The van der Waals surface area contributed by atoms with E-state index in [2.05, 4.69) is 0 Å². The number of phenols is 2. The van der Waals surface area contributed by atoms with Crippen molar-refractivity contribution in [2.45, 2.75) is 18.4 Å². The van der Waals surface area contributed by atoms with Crippen molar-refractivity contribution in [3.05, 3.63) is 35.9 Å². The highest BCUT2D eigenvalue weighted by Crippen LogP contribution is 2.33. The minimum Gasteiger partial charge on any atom is -0.507 e. The highest BCUT2D eigenvalue weighted by molar-refractivity contribution is 6.02. The molecule has 0 aliphatic carbocycles. The lowest BCUT2D eigenvalue weighted by atomic mass is 10.0. The van der Waals surface area contributed by atoms with Crippen LogP contribution in [-0.2, 0) is 0 Å². The van der Waals surface area contributed by atoms with Crippen LogP contribution >= 0.6 is 0 Å². The number of hydrogen-bond donors (Lipinski definition) is 3. The second kappa shape index (κ2) is 5.34. The van der Waals surface area contributed by atoms with E-state index in [-0.39, 0.29) is 24.3 Å². The number of aliphatic hydroxyl groups is 1. The summed E-state index contributed by atoms with van der Waals surface area (Å²) >= 11 is 0. The molecule has 1 fully saturated rings. The zero-order valence-electron chi connectivity index (χ0n) is 12.0. The van der Waals surface area contributed by atoms with Gasteiger partial charge in [-0.3, -0.25) is 4.79 Å². The molecule has 2 aromatic rings. The molecule has 23 heavy (non-hydrogen) atoms. The maximum atomic E-state index is 13.6. The van der Waals surface area contributed by atoms with Crippen molar-refractivity contribution in [2.75, 3.05) is 13.1 Å². The Morgan fingerprint density at radius 2 is 1.96 bits per heavy atom. The van der Waals surface area contributed by atoms with Crippen LogP contribution in [0.15, 0.2) is 30.3 Å². The number of aromatic hydroxyl groups is 2. The van der Waals surface area contributed by atoms with Crippen LogP contribution in [-0.4, -0.2) is 51.2 Å². The summed E-state index contributed by atoms with van der Waals surface area (Å²) in [6, 6.07) is 7.24. The number of likely N-dealkylation sites (tertiary alicyclic amines) is 1. The van der Waals surface area contributed by atoms with E-state index in [1.54, 1.807) is 12.1 Å². The Bertz CT molecular complexity index is 778. The van der Waals surface area contributed by atoms with Gasteiger partial charge in [0.25, 0.3) is 11.8 Å². The Morgan fingerprint density at radius 3 is 2.65 bits per heavy atom. The van der Waals surface area contributed by atoms with Gasteiger partial charge in [-0.2, -0.15) is 0 Å². The molecule has 1 amide bonds. The van der Waals surface area contributed by atoms with E-state index in [1.165, 1.54) is 18.2 Å². The fraction of sp³-hybridized carbons (Fsp3) is 0.312. The molecular formula is C16H15F2NO4. The summed E-state index contributed by atoms with van der Waals surface area (Å²) in [6.07, 6.45) is -2.00. The summed E-state index contributed by atoms with van der Waals surface area (Å²) < 4.78 is 27.2. The van der Waals surface area contributed by atoms with Crippen LogP contribution in [0.2, 0.25) is 0 Å². The summed E-state index contributed by atoms with van der Waals surface area (Å²) in [5.74, 6) is -4.55.